The van der Waals surface area contributed by atoms with Crippen molar-refractivity contribution >= 4 is 11.7 Å². The van der Waals surface area contributed by atoms with Crippen molar-refractivity contribution in [1.82, 2.24) is 10.2 Å². The number of hydrogen-bond acceptors (Lipinski definition) is 3. The van der Waals surface area contributed by atoms with Crippen molar-refractivity contribution in [1.29, 1.82) is 0 Å². The third-order valence-electron chi connectivity index (χ3n) is 5.78. The van der Waals surface area contributed by atoms with Crippen LogP contribution in [0.4, 0.5) is 0 Å². The molecular formula is C18H32N2O2. The summed E-state index contributed by atoms with van der Waals surface area (Å²) in [5.74, 6) is -0.0111. The highest BCUT2D eigenvalue weighted by molar-refractivity contribution is 6.04. The van der Waals surface area contributed by atoms with Crippen LogP contribution in [0.5, 0.6) is 0 Å². The number of carbonyl (C=O) groups is 2. The third kappa shape index (κ3) is 3.53. The van der Waals surface area contributed by atoms with E-state index in [-0.39, 0.29) is 17.7 Å². The molecule has 2 rings (SSSR count). The van der Waals surface area contributed by atoms with E-state index in [1.54, 1.807) is 13.8 Å². The van der Waals surface area contributed by atoms with Crippen molar-refractivity contribution in [3.8, 4) is 0 Å². The van der Waals surface area contributed by atoms with Gasteiger partial charge in [0.15, 0.2) is 0 Å². The number of hydrogen-bond donors (Lipinski definition) is 1. The molecule has 1 amide bonds. The summed E-state index contributed by atoms with van der Waals surface area (Å²) in [6, 6.07) is 0.543. The topological polar surface area (TPSA) is 49.4 Å². The molecule has 1 saturated carbocycles. The standard InChI is InChI=1S/C18H32N2O2/c1-13(21)18(4,5)16(22)20(15-8-11-19-12-15)14-6-9-17(2,3)10-7-14/h14-15,19H,6-12H2,1-5H3. The van der Waals surface area contributed by atoms with E-state index >= 15 is 0 Å². The first-order chi connectivity index (χ1) is 10.1. The van der Waals surface area contributed by atoms with Gasteiger partial charge in [-0.2, -0.15) is 0 Å². The summed E-state index contributed by atoms with van der Waals surface area (Å²) in [6.45, 7) is 11.5. The quantitative estimate of drug-likeness (QED) is 0.813. The van der Waals surface area contributed by atoms with E-state index in [9.17, 15) is 9.59 Å². The van der Waals surface area contributed by atoms with E-state index in [0.29, 0.717) is 11.5 Å². The molecule has 0 aromatic rings. The number of nitrogens with one attached hydrogen (secondary N) is 1. The third-order valence-corrected chi connectivity index (χ3v) is 5.78. The summed E-state index contributed by atoms with van der Waals surface area (Å²) in [7, 11) is 0. The van der Waals surface area contributed by atoms with E-state index in [1.165, 1.54) is 6.92 Å². The summed E-state index contributed by atoms with van der Waals surface area (Å²) >= 11 is 0. The van der Waals surface area contributed by atoms with Gasteiger partial charge in [0.2, 0.25) is 5.91 Å². The van der Waals surface area contributed by atoms with Crippen LogP contribution in [0.3, 0.4) is 0 Å². The second kappa shape index (κ2) is 6.31. The molecule has 1 N–H and O–H groups in total. The molecular weight excluding hydrogens is 276 g/mol. The summed E-state index contributed by atoms with van der Waals surface area (Å²) < 4.78 is 0. The van der Waals surface area contributed by atoms with Gasteiger partial charge in [0, 0.05) is 18.6 Å². The van der Waals surface area contributed by atoms with Gasteiger partial charge in [-0.3, -0.25) is 9.59 Å². The maximum absolute atomic E-state index is 13.1. The van der Waals surface area contributed by atoms with E-state index in [1.807, 2.05) is 0 Å². The molecule has 126 valence electrons. The van der Waals surface area contributed by atoms with Crippen molar-refractivity contribution in [3.63, 3.8) is 0 Å². The molecule has 1 aliphatic heterocycles. The van der Waals surface area contributed by atoms with Crippen LogP contribution in [0, 0.1) is 10.8 Å². The van der Waals surface area contributed by atoms with Crippen LogP contribution in [0.15, 0.2) is 0 Å². The van der Waals surface area contributed by atoms with E-state index in [0.717, 1.165) is 45.2 Å². The van der Waals surface area contributed by atoms with Crippen molar-refractivity contribution in [2.45, 2.75) is 78.8 Å². The van der Waals surface area contributed by atoms with E-state index < -0.39 is 5.41 Å². The Kier molecular flexibility index (Phi) is 5.00. The molecule has 1 heterocycles. The summed E-state index contributed by atoms with van der Waals surface area (Å²) in [5.41, 5.74) is -0.523. The summed E-state index contributed by atoms with van der Waals surface area (Å²) in [4.78, 5) is 27.2. The monoisotopic (exact) mass is 308 g/mol. The molecule has 4 nitrogen and oxygen atoms in total. The van der Waals surface area contributed by atoms with Crippen LogP contribution < -0.4 is 5.32 Å². The van der Waals surface area contributed by atoms with Gasteiger partial charge in [-0.15, -0.1) is 0 Å². The lowest BCUT2D eigenvalue weighted by molar-refractivity contribution is -0.151. The van der Waals surface area contributed by atoms with Crippen LogP contribution in [0.2, 0.25) is 0 Å². The Hall–Kier alpha value is -0.900. The summed E-state index contributed by atoms with van der Waals surface area (Å²) in [5, 5.41) is 3.36. The first-order valence-corrected chi connectivity index (χ1v) is 8.70. The lowest BCUT2D eigenvalue weighted by atomic mass is 9.74. The molecule has 0 spiro atoms. The number of carbonyl (C=O) groups excluding carboxylic acids is 2. The molecule has 0 bridgehead atoms. The van der Waals surface area contributed by atoms with Gasteiger partial charge in [-0.25, -0.2) is 0 Å². The van der Waals surface area contributed by atoms with E-state index in [4.69, 9.17) is 0 Å². The molecule has 1 atom stereocenters. The Morgan fingerprint density at radius 3 is 2.14 bits per heavy atom. The Labute approximate surface area is 135 Å². The first-order valence-electron chi connectivity index (χ1n) is 8.70. The highest BCUT2D eigenvalue weighted by atomic mass is 16.2. The average molecular weight is 308 g/mol. The Bertz CT molecular complexity index is 426. The molecule has 22 heavy (non-hydrogen) atoms. The molecule has 0 aromatic carbocycles. The largest absolute Gasteiger partial charge is 0.335 e. The van der Waals surface area contributed by atoms with Crippen molar-refractivity contribution in [2.75, 3.05) is 13.1 Å². The van der Waals surface area contributed by atoms with Gasteiger partial charge in [-0.1, -0.05) is 13.8 Å². The molecule has 1 unspecified atom stereocenters. The maximum atomic E-state index is 13.1. The minimum Gasteiger partial charge on any atom is -0.335 e. The second-order valence-corrected chi connectivity index (χ2v) is 8.44. The zero-order valence-corrected chi connectivity index (χ0v) is 14.9. The van der Waals surface area contributed by atoms with Crippen LogP contribution in [-0.4, -0.2) is 41.8 Å². The van der Waals surface area contributed by atoms with Crippen LogP contribution in [0.1, 0.15) is 66.7 Å². The fraction of sp³-hybridized carbons (Fsp3) is 0.889. The number of ketones is 1. The number of Topliss-reactive ketones (excluding diaryl/α,β-unsaturated/α-hetero) is 1. The lowest BCUT2D eigenvalue weighted by Crippen LogP contribution is -2.55. The number of rotatable bonds is 4. The van der Waals surface area contributed by atoms with Crippen LogP contribution >= 0.6 is 0 Å². The zero-order valence-electron chi connectivity index (χ0n) is 14.9. The SMILES string of the molecule is CC(=O)C(C)(C)C(=O)N(C1CCC(C)(C)CC1)C1CCNC1. The molecule has 4 heteroatoms. The average Bonchev–Trinajstić information content (AvgIpc) is 2.94. The minimum atomic E-state index is -0.907. The first kappa shape index (κ1) is 17.5. The zero-order chi connectivity index (χ0) is 16.5. The van der Waals surface area contributed by atoms with Gasteiger partial charge < -0.3 is 10.2 Å². The van der Waals surface area contributed by atoms with Gasteiger partial charge >= 0.3 is 0 Å². The van der Waals surface area contributed by atoms with Crippen LogP contribution in [-0.2, 0) is 9.59 Å². The fourth-order valence-electron chi connectivity index (χ4n) is 3.64. The van der Waals surface area contributed by atoms with Crippen LogP contribution in [0.25, 0.3) is 0 Å². The van der Waals surface area contributed by atoms with Crippen molar-refractivity contribution in [2.24, 2.45) is 10.8 Å². The molecule has 1 saturated heterocycles. The Balaban J connectivity index is 2.20. The normalized spacial score (nSPS) is 26.0. The molecule has 2 fully saturated rings. The Morgan fingerprint density at radius 2 is 1.68 bits per heavy atom. The van der Waals surface area contributed by atoms with Gasteiger partial charge in [0.1, 0.15) is 11.2 Å². The lowest BCUT2D eigenvalue weighted by Gasteiger charge is -2.45. The molecule has 2 aliphatic rings. The predicted molar refractivity (Wildman–Crippen MR) is 88.6 cm³/mol. The Morgan fingerprint density at radius 1 is 1.09 bits per heavy atom. The highest BCUT2D eigenvalue weighted by Gasteiger charge is 2.43. The minimum absolute atomic E-state index is 0.0263. The molecule has 1 aliphatic carbocycles. The molecule has 0 radical (unpaired) electrons. The molecule has 0 aromatic heterocycles. The summed E-state index contributed by atoms with van der Waals surface area (Å²) in [6.07, 6.45) is 5.43. The van der Waals surface area contributed by atoms with Crippen molar-refractivity contribution < 1.29 is 9.59 Å². The number of amides is 1. The second-order valence-electron chi connectivity index (χ2n) is 8.44. The number of nitrogens with zero attached hydrogens (tertiary/aromatic N) is 1. The smallest absolute Gasteiger partial charge is 0.236 e. The van der Waals surface area contributed by atoms with Crippen molar-refractivity contribution in [3.05, 3.63) is 0 Å². The predicted octanol–water partition coefficient (Wildman–Crippen LogP) is 2.76. The van der Waals surface area contributed by atoms with E-state index in [2.05, 4.69) is 24.1 Å². The highest BCUT2D eigenvalue weighted by Crippen LogP contribution is 2.39. The fourth-order valence-corrected chi connectivity index (χ4v) is 3.64. The van der Waals surface area contributed by atoms with Gasteiger partial charge in [0.25, 0.3) is 0 Å². The maximum Gasteiger partial charge on any atom is 0.236 e. The van der Waals surface area contributed by atoms with Gasteiger partial charge in [-0.05, 0) is 64.8 Å². The van der Waals surface area contributed by atoms with Gasteiger partial charge in [0.05, 0.1) is 0 Å².